The van der Waals surface area contributed by atoms with E-state index in [0.717, 1.165) is 18.6 Å². The quantitative estimate of drug-likeness (QED) is 0.749. The molecule has 3 heterocycles. The van der Waals surface area contributed by atoms with E-state index in [1.165, 1.54) is 5.56 Å². The highest BCUT2D eigenvalue weighted by molar-refractivity contribution is 7.07. The lowest BCUT2D eigenvalue weighted by molar-refractivity contribution is -0.123. The van der Waals surface area contributed by atoms with Gasteiger partial charge in [-0.2, -0.15) is 11.3 Å². The van der Waals surface area contributed by atoms with E-state index in [1.807, 2.05) is 29.6 Å². The van der Waals surface area contributed by atoms with Gasteiger partial charge >= 0.3 is 0 Å². The van der Waals surface area contributed by atoms with E-state index >= 15 is 0 Å². The number of hydrogen-bond acceptors (Lipinski definition) is 5. The normalized spacial score (nSPS) is 23.3. The number of carbonyl (C=O) groups is 2. The first-order valence-electron chi connectivity index (χ1n) is 9.59. The summed E-state index contributed by atoms with van der Waals surface area (Å²) in [5.41, 5.74) is 0.887. The van der Waals surface area contributed by atoms with Gasteiger partial charge in [0.15, 0.2) is 11.5 Å². The maximum absolute atomic E-state index is 12.4. The Kier molecular flexibility index (Phi) is 5.52. The number of carbonyl (C=O) groups excluding carboxylic acids is 2. The molecule has 0 bridgehead atoms. The summed E-state index contributed by atoms with van der Waals surface area (Å²) in [6, 6.07) is 9.60. The zero-order valence-corrected chi connectivity index (χ0v) is 16.4. The van der Waals surface area contributed by atoms with Crippen LogP contribution in [0.2, 0.25) is 0 Å². The molecule has 1 saturated heterocycles. The van der Waals surface area contributed by atoms with Gasteiger partial charge in [0.1, 0.15) is 12.7 Å². The number of rotatable bonds is 7. The van der Waals surface area contributed by atoms with Crippen LogP contribution in [0, 0.1) is 0 Å². The van der Waals surface area contributed by atoms with E-state index in [0.29, 0.717) is 38.2 Å². The molecule has 0 radical (unpaired) electrons. The van der Waals surface area contributed by atoms with E-state index in [-0.39, 0.29) is 23.5 Å². The van der Waals surface area contributed by atoms with Crippen molar-refractivity contribution in [1.82, 2.24) is 10.6 Å². The number of ether oxygens (including phenoxy) is 2. The Morgan fingerprint density at radius 1 is 1.29 bits per heavy atom. The van der Waals surface area contributed by atoms with Gasteiger partial charge in [-0.15, -0.1) is 0 Å². The summed E-state index contributed by atoms with van der Waals surface area (Å²) in [6.45, 7) is 0.812. The molecular formula is C21H24N2O4S. The molecular weight excluding hydrogens is 376 g/mol. The van der Waals surface area contributed by atoms with Crippen LogP contribution >= 0.6 is 11.3 Å². The van der Waals surface area contributed by atoms with Gasteiger partial charge < -0.3 is 20.1 Å². The Morgan fingerprint density at radius 3 is 2.89 bits per heavy atom. The Morgan fingerprint density at radius 2 is 2.14 bits per heavy atom. The van der Waals surface area contributed by atoms with Gasteiger partial charge in [0, 0.05) is 18.4 Å². The van der Waals surface area contributed by atoms with Crippen LogP contribution in [0.15, 0.2) is 41.1 Å². The molecule has 0 unspecified atom stereocenters. The van der Waals surface area contributed by atoms with Crippen LogP contribution in [0.4, 0.5) is 0 Å². The minimum Gasteiger partial charge on any atom is -0.486 e. The second-order valence-electron chi connectivity index (χ2n) is 7.44. The van der Waals surface area contributed by atoms with Crippen molar-refractivity contribution in [3.8, 4) is 11.5 Å². The van der Waals surface area contributed by atoms with Crippen LogP contribution in [0.25, 0.3) is 0 Å². The smallest absolute Gasteiger partial charge is 0.220 e. The number of amides is 2. The Balaban J connectivity index is 1.27. The van der Waals surface area contributed by atoms with Crippen molar-refractivity contribution < 1.29 is 19.1 Å². The Labute approximate surface area is 168 Å². The molecule has 1 aromatic carbocycles. The lowest BCUT2D eigenvalue weighted by Crippen LogP contribution is -2.45. The van der Waals surface area contributed by atoms with Gasteiger partial charge in [0.25, 0.3) is 0 Å². The Bertz CT molecular complexity index is 839. The summed E-state index contributed by atoms with van der Waals surface area (Å²) in [6.07, 6.45) is 2.86. The average molecular weight is 401 g/mol. The lowest BCUT2D eigenvalue weighted by atomic mass is 9.85. The van der Waals surface area contributed by atoms with Crippen molar-refractivity contribution >= 4 is 23.2 Å². The molecule has 1 fully saturated rings. The highest BCUT2D eigenvalue weighted by atomic mass is 32.1. The van der Waals surface area contributed by atoms with Crippen molar-refractivity contribution in [3.63, 3.8) is 0 Å². The molecule has 2 aliphatic rings. The third-order valence-electron chi connectivity index (χ3n) is 5.28. The third-order valence-corrected chi connectivity index (χ3v) is 6.01. The molecule has 2 aromatic rings. The van der Waals surface area contributed by atoms with E-state index < -0.39 is 0 Å². The topological polar surface area (TPSA) is 76.7 Å². The Hall–Kier alpha value is -2.54. The number of para-hydroxylation sites is 2. The minimum atomic E-state index is -0.321. The SMILES string of the molecule is O=C(CC[C@]1(Cc2ccsc2)CCC(=O)N1)NC[C@@H]1COc2ccccc2O1. The summed E-state index contributed by atoms with van der Waals surface area (Å²) in [5.74, 6) is 1.48. The van der Waals surface area contributed by atoms with Crippen molar-refractivity contribution in [2.75, 3.05) is 13.2 Å². The highest BCUT2D eigenvalue weighted by Gasteiger charge is 2.38. The minimum absolute atomic E-state index is 0.0340. The first-order valence-corrected chi connectivity index (χ1v) is 10.5. The fraction of sp³-hybridized carbons (Fsp3) is 0.429. The van der Waals surface area contributed by atoms with Crippen LogP contribution in [0.3, 0.4) is 0 Å². The van der Waals surface area contributed by atoms with Crippen LogP contribution < -0.4 is 20.1 Å². The number of thiophene rings is 1. The summed E-state index contributed by atoms with van der Waals surface area (Å²) in [5, 5.41) is 10.2. The second kappa shape index (κ2) is 8.22. The van der Waals surface area contributed by atoms with Crippen molar-refractivity contribution in [1.29, 1.82) is 0 Å². The number of benzene rings is 1. The predicted molar refractivity (Wildman–Crippen MR) is 107 cm³/mol. The largest absolute Gasteiger partial charge is 0.486 e. The van der Waals surface area contributed by atoms with E-state index in [9.17, 15) is 9.59 Å². The van der Waals surface area contributed by atoms with Gasteiger partial charge in [0.05, 0.1) is 6.54 Å². The summed E-state index contributed by atoms with van der Waals surface area (Å²) >= 11 is 1.65. The van der Waals surface area contributed by atoms with Gasteiger partial charge in [0.2, 0.25) is 11.8 Å². The maximum atomic E-state index is 12.4. The fourth-order valence-electron chi connectivity index (χ4n) is 3.80. The van der Waals surface area contributed by atoms with Crippen LogP contribution in [0.1, 0.15) is 31.2 Å². The third kappa shape index (κ3) is 4.47. The average Bonchev–Trinajstić information content (AvgIpc) is 3.35. The van der Waals surface area contributed by atoms with Gasteiger partial charge in [-0.1, -0.05) is 12.1 Å². The summed E-state index contributed by atoms with van der Waals surface area (Å²) < 4.78 is 11.5. The molecule has 7 heteroatoms. The molecule has 1 aromatic heterocycles. The molecule has 148 valence electrons. The number of nitrogens with one attached hydrogen (secondary N) is 2. The van der Waals surface area contributed by atoms with E-state index in [4.69, 9.17) is 9.47 Å². The zero-order valence-electron chi connectivity index (χ0n) is 15.6. The van der Waals surface area contributed by atoms with E-state index in [1.54, 1.807) is 11.3 Å². The standard InChI is InChI=1S/C21H24N2O4S/c24-19(22-12-16-13-26-17-3-1-2-4-18(17)27-16)5-8-21(9-6-20(25)23-21)11-15-7-10-28-14-15/h1-4,7,10,14,16H,5-6,8-9,11-13H2,(H,22,24)(H,23,25)/t16-,21-/m1/s1. The van der Waals surface area contributed by atoms with Crippen LogP contribution in [-0.4, -0.2) is 36.6 Å². The highest BCUT2D eigenvalue weighted by Crippen LogP contribution is 2.31. The van der Waals surface area contributed by atoms with Crippen molar-refractivity contribution in [3.05, 3.63) is 46.7 Å². The monoisotopic (exact) mass is 400 g/mol. The summed E-state index contributed by atoms with van der Waals surface area (Å²) in [4.78, 5) is 24.2. The zero-order chi connectivity index (χ0) is 19.4. The lowest BCUT2D eigenvalue weighted by Gasteiger charge is -2.29. The molecule has 2 aliphatic heterocycles. The molecule has 0 aliphatic carbocycles. The van der Waals surface area contributed by atoms with E-state index in [2.05, 4.69) is 22.1 Å². The first-order chi connectivity index (χ1) is 13.6. The molecule has 2 atom stereocenters. The van der Waals surface area contributed by atoms with Crippen molar-refractivity contribution in [2.45, 2.75) is 43.7 Å². The number of hydrogen-bond donors (Lipinski definition) is 2. The fourth-order valence-corrected chi connectivity index (χ4v) is 4.47. The van der Waals surface area contributed by atoms with Crippen LogP contribution in [0.5, 0.6) is 11.5 Å². The molecule has 2 amide bonds. The van der Waals surface area contributed by atoms with Crippen LogP contribution in [-0.2, 0) is 16.0 Å². The maximum Gasteiger partial charge on any atom is 0.220 e. The summed E-state index contributed by atoms with van der Waals surface area (Å²) in [7, 11) is 0. The molecule has 2 N–H and O–H groups in total. The second-order valence-corrected chi connectivity index (χ2v) is 8.22. The van der Waals surface area contributed by atoms with Gasteiger partial charge in [-0.25, -0.2) is 0 Å². The van der Waals surface area contributed by atoms with Crippen molar-refractivity contribution in [2.24, 2.45) is 0 Å². The molecule has 0 spiro atoms. The molecule has 28 heavy (non-hydrogen) atoms. The first kappa shape index (κ1) is 18.8. The molecule has 0 saturated carbocycles. The molecule has 6 nitrogen and oxygen atoms in total. The number of fused-ring (bicyclic) bond motifs is 1. The molecule has 4 rings (SSSR count). The van der Waals surface area contributed by atoms with Gasteiger partial charge in [-0.05, 0) is 53.8 Å². The predicted octanol–water partition coefficient (Wildman–Crippen LogP) is 2.68. The van der Waals surface area contributed by atoms with Gasteiger partial charge in [-0.3, -0.25) is 9.59 Å².